The van der Waals surface area contributed by atoms with Gasteiger partial charge in [0.25, 0.3) is 5.91 Å². The first-order valence-electron chi connectivity index (χ1n) is 8.78. The Bertz CT molecular complexity index is 856. The van der Waals surface area contributed by atoms with Crippen molar-refractivity contribution in [1.82, 2.24) is 30.6 Å². The molecule has 0 bridgehead atoms. The normalized spacial score (nSPS) is 11.0. The average molecular weight is 369 g/mol. The molecule has 2 N–H and O–H groups in total. The zero-order valence-electron chi connectivity index (χ0n) is 15.6. The minimum Gasteiger partial charge on any atom is -0.359 e. The molecule has 0 saturated carbocycles. The summed E-state index contributed by atoms with van der Waals surface area (Å²) in [5.41, 5.74) is 1.62. The average Bonchev–Trinajstić information content (AvgIpc) is 3.36. The second-order valence-electron chi connectivity index (χ2n) is 6.57. The molecule has 9 nitrogen and oxygen atoms in total. The van der Waals surface area contributed by atoms with Crippen molar-refractivity contribution in [2.75, 3.05) is 18.5 Å². The summed E-state index contributed by atoms with van der Waals surface area (Å²) in [6, 6.07) is 3.58. The van der Waals surface area contributed by atoms with Crippen LogP contribution in [0, 0.1) is 0 Å². The minimum atomic E-state index is -0.231. The molecule has 0 saturated heterocycles. The summed E-state index contributed by atoms with van der Waals surface area (Å²) >= 11 is 0. The molecule has 3 rings (SSSR count). The highest BCUT2D eigenvalue weighted by Gasteiger charge is 2.12. The number of aromatic nitrogens is 5. The van der Waals surface area contributed by atoms with E-state index in [1.807, 2.05) is 44.3 Å². The highest BCUT2D eigenvalue weighted by Crippen LogP contribution is 2.12. The molecular weight excluding hydrogens is 346 g/mol. The SMILES string of the molecule is CC(C)c1nc(CNC(=O)c2ccc(N(C)CCc3cn[nH]c3)nc2)no1. The molecule has 3 aromatic heterocycles. The molecule has 27 heavy (non-hydrogen) atoms. The van der Waals surface area contributed by atoms with Gasteiger partial charge in [-0.2, -0.15) is 10.1 Å². The Morgan fingerprint density at radius 2 is 2.19 bits per heavy atom. The van der Waals surface area contributed by atoms with Gasteiger partial charge in [-0.25, -0.2) is 4.98 Å². The summed E-state index contributed by atoms with van der Waals surface area (Å²) in [4.78, 5) is 22.9. The van der Waals surface area contributed by atoms with Gasteiger partial charge in [0.15, 0.2) is 5.82 Å². The summed E-state index contributed by atoms with van der Waals surface area (Å²) in [5, 5.41) is 13.4. The zero-order valence-corrected chi connectivity index (χ0v) is 15.6. The van der Waals surface area contributed by atoms with Gasteiger partial charge < -0.3 is 14.7 Å². The van der Waals surface area contributed by atoms with Crippen molar-refractivity contribution in [3.8, 4) is 0 Å². The Labute approximate surface area is 157 Å². The fourth-order valence-corrected chi connectivity index (χ4v) is 2.41. The van der Waals surface area contributed by atoms with Crippen molar-refractivity contribution < 1.29 is 9.32 Å². The molecule has 0 fully saturated rings. The van der Waals surface area contributed by atoms with Crippen molar-refractivity contribution in [2.45, 2.75) is 32.7 Å². The number of H-pyrrole nitrogens is 1. The fourth-order valence-electron chi connectivity index (χ4n) is 2.41. The second-order valence-corrected chi connectivity index (χ2v) is 6.57. The summed E-state index contributed by atoms with van der Waals surface area (Å²) in [5.74, 6) is 1.74. The number of pyridine rings is 1. The number of carbonyl (C=O) groups is 1. The van der Waals surface area contributed by atoms with Crippen molar-refractivity contribution in [3.63, 3.8) is 0 Å². The Balaban J connectivity index is 1.51. The molecule has 3 aromatic rings. The lowest BCUT2D eigenvalue weighted by Gasteiger charge is -2.17. The third-order valence-electron chi connectivity index (χ3n) is 4.08. The molecule has 0 radical (unpaired) electrons. The number of hydrogen-bond donors (Lipinski definition) is 2. The second kappa shape index (κ2) is 8.43. The van der Waals surface area contributed by atoms with Crippen LogP contribution in [0.1, 0.15) is 47.4 Å². The highest BCUT2D eigenvalue weighted by atomic mass is 16.5. The topological polar surface area (TPSA) is 113 Å². The number of likely N-dealkylation sites (N-methyl/N-ethyl adjacent to an activating group) is 1. The van der Waals surface area contributed by atoms with Gasteiger partial charge in [0.2, 0.25) is 5.89 Å². The van der Waals surface area contributed by atoms with Crippen molar-refractivity contribution in [3.05, 3.63) is 53.6 Å². The van der Waals surface area contributed by atoms with E-state index in [9.17, 15) is 4.79 Å². The summed E-state index contributed by atoms with van der Waals surface area (Å²) in [7, 11) is 1.96. The largest absolute Gasteiger partial charge is 0.359 e. The molecule has 0 aromatic carbocycles. The van der Waals surface area contributed by atoms with Crippen molar-refractivity contribution >= 4 is 11.7 Å². The van der Waals surface area contributed by atoms with E-state index in [0.29, 0.717) is 17.3 Å². The van der Waals surface area contributed by atoms with E-state index in [2.05, 4.69) is 30.6 Å². The van der Waals surface area contributed by atoms with Gasteiger partial charge in [0, 0.05) is 31.9 Å². The van der Waals surface area contributed by atoms with E-state index in [0.717, 1.165) is 24.3 Å². The van der Waals surface area contributed by atoms with Gasteiger partial charge in [-0.3, -0.25) is 9.89 Å². The van der Waals surface area contributed by atoms with Gasteiger partial charge >= 0.3 is 0 Å². The Morgan fingerprint density at radius 1 is 1.33 bits per heavy atom. The van der Waals surface area contributed by atoms with E-state index in [1.165, 1.54) is 0 Å². The lowest BCUT2D eigenvalue weighted by molar-refractivity contribution is 0.0949. The van der Waals surface area contributed by atoms with Crippen LogP contribution in [0.2, 0.25) is 0 Å². The number of nitrogens with one attached hydrogen (secondary N) is 2. The van der Waals surface area contributed by atoms with Gasteiger partial charge in [-0.05, 0) is 24.1 Å². The van der Waals surface area contributed by atoms with E-state index >= 15 is 0 Å². The molecule has 0 atom stereocenters. The molecule has 0 unspecified atom stereocenters. The first-order valence-corrected chi connectivity index (χ1v) is 8.78. The predicted octanol–water partition coefficient (Wildman–Crippen LogP) is 1.92. The molecule has 0 aliphatic heterocycles. The van der Waals surface area contributed by atoms with E-state index in [4.69, 9.17) is 4.52 Å². The molecule has 0 spiro atoms. The third kappa shape index (κ3) is 4.90. The molecule has 3 heterocycles. The minimum absolute atomic E-state index is 0.157. The molecule has 1 amide bonds. The zero-order chi connectivity index (χ0) is 19.2. The Kier molecular flexibility index (Phi) is 5.80. The van der Waals surface area contributed by atoms with E-state index in [-0.39, 0.29) is 18.4 Å². The van der Waals surface area contributed by atoms with Gasteiger partial charge in [-0.15, -0.1) is 0 Å². The number of nitrogens with zero attached hydrogens (tertiary/aromatic N) is 5. The van der Waals surface area contributed by atoms with E-state index in [1.54, 1.807) is 12.3 Å². The van der Waals surface area contributed by atoms with Crippen LogP contribution in [0.15, 0.2) is 35.2 Å². The summed E-state index contributed by atoms with van der Waals surface area (Å²) < 4.78 is 5.12. The molecule has 142 valence electrons. The number of carbonyl (C=O) groups excluding carboxylic acids is 1. The monoisotopic (exact) mass is 369 g/mol. The molecule has 9 heteroatoms. The lowest BCUT2D eigenvalue weighted by atomic mass is 10.2. The van der Waals surface area contributed by atoms with Crippen LogP contribution in [0.5, 0.6) is 0 Å². The smallest absolute Gasteiger partial charge is 0.253 e. The highest BCUT2D eigenvalue weighted by molar-refractivity contribution is 5.93. The van der Waals surface area contributed by atoms with Crippen LogP contribution in [0.3, 0.4) is 0 Å². The molecular formula is C18H23N7O2. The number of amides is 1. The maximum Gasteiger partial charge on any atom is 0.253 e. The predicted molar refractivity (Wildman–Crippen MR) is 99.4 cm³/mol. The number of aromatic amines is 1. The van der Waals surface area contributed by atoms with Crippen molar-refractivity contribution in [2.24, 2.45) is 0 Å². The fraction of sp³-hybridized carbons (Fsp3) is 0.389. The number of rotatable bonds is 8. The number of anilines is 1. The van der Waals surface area contributed by atoms with Crippen LogP contribution in [-0.4, -0.2) is 44.8 Å². The first-order chi connectivity index (χ1) is 13.0. The standard InChI is InChI=1S/C18H23N7O2/c1-12(2)18-23-15(24-27-18)11-20-17(26)14-4-5-16(19-10-14)25(3)7-6-13-8-21-22-9-13/h4-5,8-10,12H,6-7,11H2,1-3H3,(H,20,26)(H,21,22). The van der Waals surface area contributed by atoms with Crippen LogP contribution in [0.4, 0.5) is 5.82 Å². The molecule has 0 aliphatic rings. The molecule has 0 aliphatic carbocycles. The summed E-state index contributed by atoms with van der Waals surface area (Å²) in [6.07, 6.45) is 6.11. The van der Waals surface area contributed by atoms with Gasteiger partial charge in [0.05, 0.1) is 18.3 Å². The third-order valence-corrected chi connectivity index (χ3v) is 4.08. The summed E-state index contributed by atoms with van der Waals surface area (Å²) in [6.45, 7) is 4.94. The van der Waals surface area contributed by atoms with Crippen LogP contribution >= 0.6 is 0 Å². The maximum absolute atomic E-state index is 12.3. The van der Waals surface area contributed by atoms with Crippen LogP contribution in [0.25, 0.3) is 0 Å². The lowest BCUT2D eigenvalue weighted by Crippen LogP contribution is -2.24. The quantitative estimate of drug-likeness (QED) is 0.623. The van der Waals surface area contributed by atoms with Crippen LogP contribution < -0.4 is 10.2 Å². The van der Waals surface area contributed by atoms with E-state index < -0.39 is 0 Å². The Hall–Kier alpha value is -3.23. The first kappa shape index (κ1) is 18.6. The van der Waals surface area contributed by atoms with Crippen LogP contribution in [-0.2, 0) is 13.0 Å². The van der Waals surface area contributed by atoms with Gasteiger partial charge in [-0.1, -0.05) is 19.0 Å². The Morgan fingerprint density at radius 3 is 2.81 bits per heavy atom. The number of hydrogen-bond acceptors (Lipinski definition) is 7. The van der Waals surface area contributed by atoms with Gasteiger partial charge in [0.1, 0.15) is 5.82 Å². The maximum atomic E-state index is 12.3. The van der Waals surface area contributed by atoms with Crippen molar-refractivity contribution in [1.29, 1.82) is 0 Å².